The smallest absolute Gasteiger partial charge is 0.231 e. The third-order valence-corrected chi connectivity index (χ3v) is 3.81. The molecule has 0 heterocycles. The van der Waals surface area contributed by atoms with Crippen LogP contribution in [0.25, 0.3) is 0 Å². The van der Waals surface area contributed by atoms with Gasteiger partial charge in [-0.2, -0.15) is 0 Å². The molecule has 0 aliphatic rings. The standard InChI is InChI=1S/C9H19NO2S3/c1-2-3-4-5-6-7-8-15(11,12)10-9(13)14/h2-8H2,1H3,(H2,10,13,14)/p-1. The van der Waals surface area contributed by atoms with Crippen molar-refractivity contribution in [3.05, 3.63) is 0 Å². The molecule has 0 bridgehead atoms. The van der Waals surface area contributed by atoms with E-state index in [1.54, 1.807) is 0 Å². The maximum atomic E-state index is 11.3. The van der Waals surface area contributed by atoms with Gasteiger partial charge in [0.05, 0.1) is 5.75 Å². The summed E-state index contributed by atoms with van der Waals surface area (Å²) in [6.07, 6.45) is 6.33. The average molecular weight is 268 g/mol. The second-order valence-corrected chi connectivity index (χ2v) is 6.39. The van der Waals surface area contributed by atoms with E-state index in [0.717, 1.165) is 12.8 Å². The van der Waals surface area contributed by atoms with Crippen molar-refractivity contribution in [3.63, 3.8) is 0 Å². The van der Waals surface area contributed by atoms with Crippen LogP contribution < -0.4 is 4.72 Å². The van der Waals surface area contributed by atoms with Gasteiger partial charge in [0.2, 0.25) is 10.0 Å². The Labute approximate surface area is 103 Å². The largest absolute Gasteiger partial charge is 0.410 e. The summed E-state index contributed by atoms with van der Waals surface area (Å²) < 4.78 is 24.6. The number of thiocarbonyl (C=S) groups is 1. The van der Waals surface area contributed by atoms with Crippen LogP contribution in [0.2, 0.25) is 0 Å². The molecule has 6 heteroatoms. The number of rotatable bonds is 8. The lowest BCUT2D eigenvalue weighted by molar-refractivity contribution is 0.581. The van der Waals surface area contributed by atoms with E-state index in [0.29, 0.717) is 6.42 Å². The first-order chi connectivity index (χ1) is 6.98. The molecule has 0 unspecified atom stereocenters. The summed E-state index contributed by atoms with van der Waals surface area (Å²) in [5, 5.41) is 0. The SMILES string of the molecule is CCCCCCCCS(=O)(=O)NC(=S)[S-]. The van der Waals surface area contributed by atoms with Crippen LogP contribution in [0, 0.1) is 0 Å². The van der Waals surface area contributed by atoms with Crippen LogP contribution in [-0.4, -0.2) is 18.5 Å². The van der Waals surface area contributed by atoms with Gasteiger partial charge in [-0.25, -0.2) is 8.42 Å². The van der Waals surface area contributed by atoms with Crippen molar-refractivity contribution >= 4 is 39.2 Å². The summed E-state index contributed by atoms with van der Waals surface area (Å²) in [6, 6.07) is 0. The van der Waals surface area contributed by atoms with Crippen molar-refractivity contribution in [1.82, 2.24) is 4.72 Å². The molecule has 1 N–H and O–H groups in total. The molecule has 0 aromatic rings. The van der Waals surface area contributed by atoms with Gasteiger partial charge >= 0.3 is 0 Å². The first-order valence-electron chi connectivity index (χ1n) is 5.19. The van der Waals surface area contributed by atoms with E-state index < -0.39 is 10.0 Å². The van der Waals surface area contributed by atoms with E-state index in [4.69, 9.17) is 0 Å². The van der Waals surface area contributed by atoms with Crippen LogP contribution in [0.4, 0.5) is 0 Å². The van der Waals surface area contributed by atoms with E-state index in [1.165, 1.54) is 19.3 Å². The molecule has 15 heavy (non-hydrogen) atoms. The highest BCUT2D eigenvalue weighted by atomic mass is 32.2. The van der Waals surface area contributed by atoms with Crippen molar-refractivity contribution in [1.29, 1.82) is 0 Å². The predicted octanol–water partition coefficient (Wildman–Crippen LogP) is 2.10. The van der Waals surface area contributed by atoms with Crippen LogP contribution in [0.5, 0.6) is 0 Å². The van der Waals surface area contributed by atoms with Gasteiger partial charge in [-0.3, -0.25) is 0 Å². The number of sulfonamides is 1. The second-order valence-electron chi connectivity index (χ2n) is 3.48. The van der Waals surface area contributed by atoms with Crippen molar-refractivity contribution in [2.75, 3.05) is 5.75 Å². The van der Waals surface area contributed by atoms with Gasteiger partial charge in [-0.1, -0.05) is 43.3 Å². The van der Waals surface area contributed by atoms with Crippen LogP contribution in [0.3, 0.4) is 0 Å². The maximum Gasteiger partial charge on any atom is 0.231 e. The Hall–Kier alpha value is 0.0600. The predicted molar refractivity (Wildman–Crippen MR) is 70.3 cm³/mol. The Kier molecular flexibility index (Phi) is 8.27. The Morgan fingerprint density at radius 1 is 1.20 bits per heavy atom. The summed E-state index contributed by atoms with van der Waals surface area (Å²) in [4.78, 5) is 0. The summed E-state index contributed by atoms with van der Waals surface area (Å²) in [6.45, 7) is 2.15. The Morgan fingerprint density at radius 3 is 2.27 bits per heavy atom. The number of nitrogens with one attached hydrogen (secondary N) is 1. The van der Waals surface area contributed by atoms with Gasteiger partial charge in [0.1, 0.15) is 0 Å². The van der Waals surface area contributed by atoms with E-state index >= 15 is 0 Å². The Morgan fingerprint density at radius 2 is 1.73 bits per heavy atom. The number of hydrogen-bond donors (Lipinski definition) is 1. The molecule has 0 rings (SSSR count). The first-order valence-corrected chi connectivity index (χ1v) is 7.66. The Bertz CT molecular complexity index is 275. The highest BCUT2D eigenvalue weighted by Crippen LogP contribution is 2.05. The van der Waals surface area contributed by atoms with Crippen LogP contribution in [0.15, 0.2) is 0 Å². The zero-order valence-corrected chi connectivity index (χ0v) is 11.4. The average Bonchev–Trinajstić information content (AvgIpc) is 2.08. The fourth-order valence-electron chi connectivity index (χ4n) is 1.25. The molecule has 0 aromatic carbocycles. The minimum atomic E-state index is -3.27. The first kappa shape index (κ1) is 15.1. The molecule has 0 saturated carbocycles. The van der Waals surface area contributed by atoms with Gasteiger partial charge in [0.25, 0.3) is 0 Å². The zero-order chi connectivity index (χ0) is 11.7. The quantitative estimate of drug-likeness (QED) is 0.416. The molecular weight excluding hydrogens is 250 g/mol. The number of unbranched alkanes of at least 4 members (excludes halogenated alkanes) is 5. The minimum absolute atomic E-state index is 0.0963. The monoisotopic (exact) mass is 268 g/mol. The zero-order valence-electron chi connectivity index (χ0n) is 8.99. The van der Waals surface area contributed by atoms with Gasteiger partial charge < -0.3 is 29.6 Å². The van der Waals surface area contributed by atoms with Crippen molar-refractivity contribution in [2.45, 2.75) is 45.4 Å². The topological polar surface area (TPSA) is 46.2 Å². The van der Waals surface area contributed by atoms with Crippen molar-refractivity contribution in [2.24, 2.45) is 0 Å². The fraction of sp³-hybridized carbons (Fsp3) is 0.889. The van der Waals surface area contributed by atoms with Crippen molar-refractivity contribution < 1.29 is 8.42 Å². The lowest BCUT2D eigenvalue weighted by Gasteiger charge is -2.10. The van der Waals surface area contributed by atoms with E-state index in [2.05, 4.69) is 36.5 Å². The van der Waals surface area contributed by atoms with Crippen LogP contribution in [-0.2, 0) is 22.7 Å². The normalized spacial score (nSPS) is 11.3. The third-order valence-electron chi connectivity index (χ3n) is 2.01. The molecule has 0 amide bonds. The second kappa shape index (κ2) is 8.24. The highest BCUT2D eigenvalue weighted by molar-refractivity contribution is 8.03. The van der Waals surface area contributed by atoms with Gasteiger partial charge in [0.15, 0.2) is 0 Å². The summed E-state index contributed by atoms with van der Waals surface area (Å²) >= 11 is 9.01. The molecule has 0 aromatic heterocycles. The number of hydrogen-bond acceptors (Lipinski definition) is 4. The molecular formula is C9H18NO2S3-. The lowest BCUT2D eigenvalue weighted by Crippen LogP contribution is -2.29. The van der Waals surface area contributed by atoms with Crippen LogP contribution in [0.1, 0.15) is 45.4 Å². The fourth-order valence-corrected chi connectivity index (χ4v) is 2.95. The highest BCUT2D eigenvalue weighted by Gasteiger charge is 2.06. The molecule has 0 aliphatic carbocycles. The summed E-state index contributed by atoms with van der Waals surface area (Å²) in [7, 11) is -3.27. The van der Waals surface area contributed by atoms with E-state index in [1.807, 2.05) is 0 Å². The minimum Gasteiger partial charge on any atom is -0.410 e. The van der Waals surface area contributed by atoms with E-state index in [9.17, 15) is 8.42 Å². The van der Waals surface area contributed by atoms with Gasteiger partial charge in [-0.05, 0) is 6.42 Å². The molecule has 90 valence electrons. The molecule has 0 radical (unpaired) electrons. The molecule has 0 aliphatic heterocycles. The summed E-state index contributed by atoms with van der Waals surface area (Å²) in [5.74, 6) is 0.121. The van der Waals surface area contributed by atoms with E-state index in [-0.39, 0.29) is 10.1 Å². The molecule has 0 fully saturated rings. The van der Waals surface area contributed by atoms with Gasteiger partial charge in [0, 0.05) is 0 Å². The summed E-state index contributed by atoms with van der Waals surface area (Å²) in [5.41, 5.74) is 0. The molecule has 3 nitrogen and oxygen atoms in total. The van der Waals surface area contributed by atoms with Gasteiger partial charge in [-0.15, -0.1) is 0 Å². The molecule has 0 spiro atoms. The van der Waals surface area contributed by atoms with Crippen LogP contribution >= 0.6 is 12.2 Å². The van der Waals surface area contributed by atoms with Crippen molar-refractivity contribution in [3.8, 4) is 0 Å². The maximum absolute atomic E-state index is 11.3. The third kappa shape index (κ3) is 10.3. The Balaban J connectivity index is 3.54. The molecule has 0 atom stereocenters. The lowest BCUT2D eigenvalue weighted by atomic mass is 10.1. The molecule has 0 saturated heterocycles.